The molecule has 0 aliphatic rings. The first kappa shape index (κ1) is 17.3. The van der Waals surface area contributed by atoms with Crippen LogP contribution in [0.5, 0.6) is 17.2 Å². The first-order valence-corrected chi connectivity index (χ1v) is 8.53. The largest absolute Gasteiger partial charge is 0.488 e. The third-order valence-electron chi connectivity index (χ3n) is 3.68. The fraction of sp³-hybridized carbons (Fsp3) is 0.143. The maximum atomic E-state index is 6.19. The molecule has 2 N–H and O–H groups in total. The van der Waals surface area contributed by atoms with E-state index in [1.54, 1.807) is 12.1 Å². The van der Waals surface area contributed by atoms with Crippen molar-refractivity contribution in [3.63, 3.8) is 0 Å². The monoisotopic (exact) mass is 353 g/mol. The molecule has 128 valence electrons. The number of ether oxygens (including phenoxy) is 2. The third-order valence-corrected chi connectivity index (χ3v) is 3.94. The molecule has 0 saturated heterocycles. The van der Waals surface area contributed by atoms with Crippen molar-refractivity contribution in [3.8, 4) is 17.2 Å². The highest BCUT2D eigenvalue weighted by Gasteiger charge is 2.09. The van der Waals surface area contributed by atoms with Crippen LogP contribution in [0.25, 0.3) is 0 Å². The van der Waals surface area contributed by atoms with Gasteiger partial charge in [0.25, 0.3) is 0 Å². The van der Waals surface area contributed by atoms with Crippen LogP contribution in [0.1, 0.15) is 5.56 Å². The highest BCUT2D eigenvalue weighted by Crippen LogP contribution is 2.31. The third kappa shape index (κ3) is 5.24. The molecule has 3 aromatic carbocycles. The van der Waals surface area contributed by atoms with Crippen LogP contribution in [0, 0.1) is 0 Å². The molecule has 3 rings (SSSR count). The van der Waals surface area contributed by atoms with Crippen LogP contribution in [-0.4, -0.2) is 12.6 Å². The van der Waals surface area contributed by atoms with Gasteiger partial charge >= 0.3 is 0 Å². The second-order valence-corrected chi connectivity index (χ2v) is 6.20. The van der Waals surface area contributed by atoms with Gasteiger partial charge in [0.1, 0.15) is 12.4 Å². The lowest BCUT2D eigenvalue weighted by molar-refractivity contribution is 0.276. The van der Waals surface area contributed by atoms with Gasteiger partial charge in [0.2, 0.25) is 0 Å². The minimum atomic E-state index is -0.0917. The summed E-state index contributed by atoms with van der Waals surface area (Å²) in [6.45, 7) is 0.413. The molecule has 0 unspecified atom stereocenters. The van der Waals surface area contributed by atoms with Gasteiger partial charge in [-0.2, -0.15) is 0 Å². The second kappa shape index (κ2) is 8.56. The fourth-order valence-corrected chi connectivity index (χ4v) is 2.58. The number of rotatable bonds is 7. The second-order valence-electron chi connectivity index (χ2n) is 5.76. The highest BCUT2D eigenvalue weighted by atomic mass is 35.5. The van der Waals surface area contributed by atoms with E-state index in [1.807, 2.05) is 54.6 Å². The number of nitrogens with two attached hydrogens (primary N) is 1. The van der Waals surface area contributed by atoms with Crippen LogP contribution in [0.2, 0.25) is 5.02 Å². The Labute approximate surface area is 153 Å². The summed E-state index contributed by atoms with van der Waals surface area (Å²) in [6.07, 6.45) is 0.765. The van der Waals surface area contributed by atoms with Gasteiger partial charge in [0, 0.05) is 11.1 Å². The first-order chi connectivity index (χ1) is 12.2. The number of hydrogen-bond donors (Lipinski definition) is 1. The molecular formula is C21H20ClNO2. The number of hydrogen-bond acceptors (Lipinski definition) is 3. The molecule has 1 atom stereocenters. The molecule has 0 bridgehead atoms. The summed E-state index contributed by atoms with van der Waals surface area (Å²) in [4.78, 5) is 0. The van der Waals surface area contributed by atoms with E-state index in [-0.39, 0.29) is 6.04 Å². The fourth-order valence-electron chi connectivity index (χ4n) is 2.46. The zero-order valence-electron chi connectivity index (χ0n) is 13.8. The SMILES string of the molecule is N[C@H](COc1ccccc1Oc1ccc(Cl)cc1)Cc1ccccc1. The van der Waals surface area contributed by atoms with E-state index in [9.17, 15) is 0 Å². The van der Waals surface area contributed by atoms with E-state index < -0.39 is 0 Å². The quantitative estimate of drug-likeness (QED) is 0.644. The molecular weight excluding hydrogens is 334 g/mol. The highest BCUT2D eigenvalue weighted by molar-refractivity contribution is 6.30. The van der Waals surface area contributed by atoms with Crippen molar-refractivity contribution in [2.45, 2.75) is 12.5 Å². The summed E-state index contributed by atoms with van der Waals surface area (Å²) in [5.41, 5.74) is 7.39. The van der Waals surface area contributed by atoms with Gasteiger partial charge in [-0.3, -0.25) is 0 Å². The minimum absolute atomic E-state index is 0.0917. The Morgan fingerprint density at radius 1 is 0.800 bits per heavy atom. The molecule has 0 aromatic heterocycles. The minimum Gasteiger partial charge on any atom is -0.488 e. The Balaban J connectivity index is 1.61. The zero-order chi connectivity index (χ0) is 17.5. The van der Waals surface area contributed by atoms with E-state index >= 15 is 0 Å². The van der Waals surface area contributed by atoms with Gasteiger partial charge in [-0.1, -0.05) is 54.1 Å². The van der Waals surface area contributed by atoms with Gasteiger partial charge in [0.15, 0.2) is 11.5 Å². The maximum Gasteiger partial charge on any atom is 0.169 e. The lowest BCUT2D eigenvalue weighted by Gasteiger charge is -2.16. The molecule has 0 amide bonds. The van der Waals surface area contributed by atoms with Gasteiger partial charge in [0.05, 0.1) is 0 Å². The average molecular weight is 354 g/mol. The summed E-state index contributed by atoms with van der Waals surface area (Å²) in [5, 5.41) is 0.670. The van der Waals surface area contributed by atoms with Crippen LogP contribution < -0.4 is 15.2 Å². The topological polar surface area (TPSA) is 44.5 Å². The summed E-state index contributed by atoms with van der Waals surface area (Å²) in [5.74, 6) is 2.02. The summed E-state index contributed by atoms with van der Waals surface area (Å²) in [7, 11) is 0. The standard InChI is InChI=1S/C21H20ClNO2/c22-17-10-12-19(13-11-17)25-21-9-5-4-8-20(21)24-15-18(23)14-16-6-2-1-3-7-16/h1-13,18H,14-15,23H2/t18-/m0/s1. The van der Waals surface area contributed by atoms with E-state index in [0.717, 1.165) is 6.42 Å². The van der Waals surface area contributed by atoms with Crippen molar-refractivity contribution in [2.75, 3.05) is 6.61 Å². The molecule has 0 spiro atoms. The van der Waals surface area contributed by atoms with Gasteiger partial charge in [-0.15, -0.1) is 0 Å². The average Bonchev–Trinajstić information content (AvgIpc) is 2.64. The van der Waals surface area contributed by atoms with E-state index in [1.165, 1.54) is 5.56 Å². The number of halogens is 1. The Kier molecular flexibility index (Phi) is 5.94. The van der Waals surface area contributed by atoms with Crippen LogP contribution in [0.3, 0.4) is 0 Å². The van der Waals surface area contributed by atoms with Crippen LogP contribution in [0.4, 0.5) is 0 Å². The smallest absolute Gasteiger partial charge is 0.169 e. The predicted octanol–water partition coefficient (Wildman–Crippen LogP) is 5.08. The van der Waals surface area contributed by atoms with Gasteiger partial charge in [-0.25, -0.2) is 0 Å². The molecule has 0 heterocycles. The van der Waals surface area contributed by atoms with Crippen LogP contribution in [-0.2, 0) is 6.42 Å². The molecule has 0 aliphatic carbocycles. The zero-order valence-corrected chi connectivity index (χ0v) is 14.5. The van der Waals surface area contributed by atoms with Crippen molar-refractivity contribution in [1.82, 2.24) is 0 Å². The van der Waals surface area contributed by atoms with Gasteiger partial charge < -0.3 is 15.2 Å². The number of benzene rings is 3. The predicted molar refractivity (Wildman–Crippen MR) is 102 cm³/mol. The summed E-state index contributed by atoms with van der Waals surface area (Å²) in [6, 6.07) is 24.8. The Morgan fingerprint density at radius 2 is 1.44 bits per heavy atom. The molecule has 3 aromatic rings. The molecule has 0 radical (unpaired) electrons. The van der Waals surface area contributed by atoms with Crippen molar-refractivity contribution in [1.29, 1.82) is 0 Å². The van der Waals surface area contributed by atoms with E-state index in [2.05, 4.69) is 12.1 Å². The Morgan fingerprint density at radius 3 is 2.16 bits per heavy atom. The lowest BCUT2D eigenvalue weighted by Crippen LogP contribution is -2.30. The van der Waals surface area contributed by atoms with Crippen molar-refractivity contribution < 1.29 is 9.47 Å². The molecule has 0 aliphatic heterocycles. The maximum absolute atomic E-state index is 6.19. The molecule has 25 heavy (non-hydrogen) atoms. The normalized spacial score (nSPS) is 11.8. The molecule has 0 saturated carbocycles. The Bertz CT molecular complexity index is 791. The molecule has 3 nitrogen and oxygen atoms in total. The lowest BCUT2D eigenvalue weighted by atomic mass is 10.1. The van der Waals surface area contributed by atoms with Crippen LogP contribution in [0.15, 0.2) is 78.9 Å². The molecule has 4 heteroatoms. The Hall–Kier alpha value is -2.49. The van der Waals surface area contributed by atoms with Gasteiger partial charge in [-0.05, 0) is 48.4 Å². The molecule has 0 fully saturated rings. The van der Waals surface area contributed by atoms with Crippen molar-refractivity contribution in [3.05, 3.63) is 89.4 Å². The van der Waals surface area contributed by atoms with Crippen molar-refractivity contribution in [2.24, 2.45) is 5.73 Å². The van der Waals surface area contributed by atoms with Crippen LogP contribution >= 0.6 is 11.6 Å². The van der Waals surface area contributed by atoms with E-state index in [0.29, 0.717) is 28.9 Å². The van der Waals surface area contributed by atoms with E-state index in [4.69, 9.17) is 26.8 Å². The van der Waals surface area contributed by atoms with Crippen molar-refractivity contribution >= 4 is 11.6 Å². The number of para-hydroxylation sites is 2. The first-order valence-electron chi connectivity index (χ1n) is 8.15. The summed E-state index contributed by atoms with van der Waals surface area (Å²) >= 11 is 5.90. The summed E-state index contributed by atoms with van der Waals surface area (Å²) < 4.78 is 11.8.